The van der Waals surface area contributed by atoms with Gasteiger partial charge in [0.15, 0.2) is 5.16 Å². The number of fused-ring (bicyclic) bond motifs is 1. The van der Waals surface area contributed by atoms with Crippen molar-refractivity contribution < 1.29 is 4.79 Å². The van der Waals surface area contributed by atoms with Crippen molar-refractivity contribution >= 4 is 39.2 Å². The smallest absolute Gasteiger partial charge is 0.263 e. The number of rotatable bonds is 8. The van der Waals surface area contributed by atoms with Crippen LogP contribution in [-0.4, -0.2) is 26.8 Å². The van der Waals surface area contributed by atoms with Gasteiger partial charge in [0.25, 0.3) is 5.56 Å². The van der Waals surface area contributed by atoms with Gasteiger partial charge in [0, 0.05) is 17.0 Å². The maximum absolute atomic E-state index is 13.0. The Hall–Kier alpha value is -1.34. The number of carbonyl (C=O) groups excluding carboxylic acids is 1. The quantitative estimate of drug-likeness (QED) is 0.535. The van der Waals surface area contributed by atoms with Crippen molar-refractivity contribution in [1.82, 2.24) is 14.9 Å². The van der Waals surface area contributed by atoms with Crippen LogP contribution in [0.4, 0.5) is 0 Å². The van der Waals surface area contributed by atoms with E-state index in [2.05, 4.69) is 12.2 Å². The molecule has 0 fully saturated rings. The normalized spacial score (nSPS) is 11.9. The monoisotopic (exact) mass is 395 g/mol. The van der Waals surface area contributed by atoms with Gasteiger partial charge in [-0.1, -0.05) is 32.0 Å². The third-order valence-electron chi connectivity index (χ3n) is 4.68. The molecule has 1 amide bonds. The molecule has 5 nitrogen and oxygen atoms in total. The van der Waals surface area contributed by atoms with Crippen LogP contribution < -0.4 is 10.9 Å². The van der Waals surface area contributed by atoms with E-state index in [9.17, 15) is 9.59 Å². The summed E-state index contributed by atoms with van der Waals surface area (Å²) in [6.45, 7) is 12.8. The van der Waals surface area contributed by atoms with Crippen molar-refractivity contribution in [2.75, 3.05) is 5.75 Å². The summed E-state index contributed by atoms with van der Waals surface area (Å²) < 4.78 is 1.74. The minimum Gasteiger partial charge on any atom is -0.351 e. The van der Waals surface area contributed by atoms with Gasteiger partial charge in [0.1, 0.15) is 4.83 Å². The summed E-state index contributed by atoms with van der Waals surface area (Å²) in [6.07, 6.45) is 2.78. The summed E-state index contributed by atoms with van der Waals surface area (Å²) in [6, 6.07) is 0. The zero-order valence-electron chi connectivity index (χ0n) is 16.6. The summed E-state index contributed by atoms with van der Waals surface area (Å²) in [5, 5.41) is 4.40. The first-order chi connectivity index (χ1) is 12.2. The highest BCUT2D eigenvalue weighted by Gasteiger charge is 2.20. The lowest BCUT2D eigenvalue weighted by atomic mass is 10.0. The van der Waals surface area contributed by atoms with E-state index in [1.54, 1.807) is 15.9 Å². The van der Waals surface area contributed by atoms with Crippen LogP contribution in [0, 0.1) is 13.8 Å². The first-order valence-electron chi connectivity index (χ1n) is 9.14. The number of thiophene rings is 1. The molecule has 0 bridgehead atoms. The zero-order valence-corrected chi connectivity index (χ0v) is 18.2. The van der Waals surface area contributed by atoms with Gasteiger partial charge in [-0.15, -0.1) is 11.3 Å². The first-order valence-corrected chi connectivity index (χ1v) is 10.9. The van der Waals surface area contributed by atoms with Crippen LogP contribution in [-0.2, 0) is 11.3 Å². The van der Waals surface area contributed by atoms with E-state index in [0.29, 0.717) is 11.7 Å². The van der Waals surface area contributed by atoms with Crippen LogP contribution in [0.1, 0.15) is 57.4 Å². The van der Waals surface area contributed by atoms with E-state index < -0.39 is 0 Å². The summed E-state index contributed by atoms with van der Waals surface area (Å²) in [4.78, 5) is 31.9. The van der Waals surface area contributed by atoms with Gasteiger partial charge in [-0.3, -0.25) is 14.2 Å². The fourth-order valence-corrected chi connectivity index (χ4v) is 4.46. The molecule has 0 saturated heterocycles. The van der Waals surface area contributed by atoms with E-state index in [0.717, 1.165) is 39.9 Å². The molecule has 0 aliphatic rings. The lowest BCUT2D eigenvalue weighted by molar-refractivity contribution is -0.120. The fraction of sp³-hybridized carbons (Fsp3) is 0.632. The molecular weight excluding hydrogens is 366 g/mol. The van der Waals surface area contributed by atoms with Gasteiger partial charge in [0.2, 0.25) is 5.91 Å². The largest absolute Gasteiger partial charge is 0.351 e. The molecule has 0 aromatic carbocycles. The maximum atomic E-state index is 13.0. The van der Waals surface area contributed by atoms with Crippen molar-refractivity contribution in [3.05, 3.63) is 20.8 Å². The fourth-order valence-electron chi connectivity index (χ4n) is 2.56. The number of amides is 1. The highest BCUT2D eigenvalue weighted by molar-refractivity contribution is 7.99. The molecule has 2 aromatic heterocycles. The number of hydrogen-bond acceptors (Lipinski definition) is 5. The van der Waals surface area contributed by atoms with Crippen LogP contribution in [0.2, 0.25) is 0 Å². The summed E-state index contributed by atoms with van der Waals surface area (Å²) in [7, 11) is 0. The van der Waals surface area contributed by atoms with Crippen LogP contribution >= 0.6 is 23.1 Å². The van der Waals surface area contributed by atoms with Crippen molar-refractivity contribution in [3.8, 4) is 0 Å². The standard InChI is InChI=1S/C19H29N3O2S2/c1-7-9-10-22-17(24)15-12(3)13(4)26-16(15)20-18(22)25-11-14(23)21-19(5,6)8-2/h7-11H2,1-6H3,(H,21,23). The van der Waals surface area contributed by atoms with Gasteiger partial charge >= 0.3 is 0 Å². The Morgan fingerprint density at radius 2 is 2.00 bits per heavy atom. The Morgan fingerprint density at radius 3 is 2.62 bits per heavy atom. The second-order valence-electron chi connectivity index (χ2n) is 7.24. The lowest BCUT2D eigenvalue weighted by Crippen LogP contribution is -2.43. The summed E-state index contributed by atoms with van der Waals surface area (Å²) in [5.41, 5.74) is 0.813. The molecule has 26 heavy (non-hydrogen) atoms. The van der Waals surface area contributed by atoms with Gasteiger partial charge in [-0.05, 0) is 46.1 Å². The molecule has 0 aliphatic heterocycles. The van der Waals surface area contributed by atoms with Crippen LogP contribution in [0.3, 0.4) is 0 Å². The average Bonchev–Trinajstić information content (AvgIpc) is 2.86. The predicted molar refractivity (Wildman–Crippen MR) is 111 cm³/mol. The van der Waals surface area contributed by atoms with Crippen molar-refractivity contribution in [3.63, 3.8) is 0 Å². The Balaban J connectivity index is 2.33. The molecule has 0 spiro atoms. The lowest BCUT2D eigenvalue weighted by Gasteiger charge is -2.24. The van der Waals surface area contributed by atoms with Gasteiger partial charge in [-0.2, -0.15) is 0 Å². The van der Waals surface area contributed by atoms with Crippen molar-refractivity contribution in [2.45, 2.75) is 78.0 Å². The minimum atomic E-state index is -0.223. The molecule has 0 atom stereocenters. The highest BCUT2D eigenvalue weighted by Crippen LogP contribution is 2.28. The van der Waals surface area contributed by atoms with Crippen LogP contribution in [0.5, 0.6) is 0 Å². The summed E-state index contributed by atoms with van der Waals surface area (Å²) >= 11 is 2.90. The number of aryl methyl sites for hydroxylation is 2. The molecule has 0 saturated carbocycles. The second-order valence-corrected chi connectivity index (χ2v) is 9.39. The molecule has 144 valence electrons. The molecule has 7 heteroatoms. The van der Waals surface area contributed by atoms with E-state index in [4.69, 9.17) is 4.98 Å². The van der Waals surface area contributed by atoms with Crippen LogP contribution in [0.15, 0.2) is 9.95 Å². The SMILES string of the molecule is CCCCn1c(SCC(=O)NC(C)(C)CC)nc2sc(C)c(C)c2c1=O. The number of unbranched alkanes of at least 4 members (excludes halogenated alkanes) is 1. The molecule has 2 aromatic rings. The number of thioether (sulfide) groups is 1. The summed E-state index contributed by atoms with van der Waals surface area (Å²) in [5.74, 6) is 0.230. The van der Waals surface area contributed by atoms with Crippen molar-refractivity contribution in [1.29, 1.82) is 0 Å². The number of nitrogens with one attached hydrogen (secondary N) is 1. The highest BCUT2D eigenvalue weighted by atomic mass is 32.2. The number of nitrogens with zero attached hydrogens (tertiary/aromatic N) is 2. The molecule has 2 rings (SSSR count). The first kappa shape index (κ1) is 21.0. The van der Waals surface area contributed by atoms with Gasteiger partial charge in [-0.25, -0.2) is 4.98 Å². The molecule has 2 heterocycles. The molecule has 0 unspecified atom stereocenters. The van der Waals surface area contributed by atoms with E-state index in [1.807, 2.05) is 34.6 Å². The Kier molecular flexibility index (Phi) is 6.91. The van der Waals surface area contributed by atoms with E-state index >= 15 is 0 Å². The number of hydrogen-bond donors (Lipinski definition) is 1. The Labute approximate surface area is 163 Å². The maximum Gasteiger partial charge on any atom is 0.263 e. The molecule has 1 N–H and O–H groups in total. The second kappa shape index (κ2) is 8.57. The third-order valence-corrected chi connectivity index (χ3v) is 6.76. The van der Waals surface area contributed by atoms with E-state index in [-0.39, 0.29) is 22.8 Å². The predicted octanol–water partition coefficient (Wildman–Crippen LogP) is 4.27. The zero-order chi connectivity index (χ0) is 19.5. The third kappa shape index (κ3) is 4.68. The van der Waals surface area contributed by atoms with Crippen molar-refractivity contribution in [2.24, 2.45) is 0 Å². The Bertz CT molecular complexity index is 853. The minimum absolute atomic E-state index is 0.0158. The van der Waals surface area contributed by atoms with Crippen LogP contribution in [0.25, 0.3) is 10.2 Å². The topological polar surface area (TPSA) is 64.0 Å². The van der Waals surface area contributed by atoms with Gasteiger partial charge in [0.05, 0.1) is 11.1 Å². The number of aromatic nitrogens is 2. The molecular formula is C19H29N3O2S2. The number of carbonyl (C=O) groups is 1. The molecule has 0 radical (unpaired) electrons. The average molecular weight is 396 g/mol. The van der Waals surface area contributed by atoms with E-state index in [1.165, 1.54) is 11.8 Å². The molecule has 0 aliphatic carbocycles. The Morgan fingerprint density at radius 1 is 1.31 bits per heavy atom. The van der Waals surface area contributed by atoms with Gasteiger partial charge < -0.3 is 5.32 Å².